The van der Waals surface area contributed by atoms with Crippen LogP contribution < -0.4 is 10.2 Å². The van der Waals surface area contributed by atoms with Crippen LogP contribution in [0.3, 0.4) is 0 Å². The van der Waals surface area contributed by atoms with Crippen molar-refractivity contribution in [2.45, 2.75) is 52.1 Å². The Bertz CT molecular complexity index is 776. The van der Waals surface area contributed by atoms with E-state index in [2.05, 4.69) is 34.2 Å². The second kappa shape index (κ2) is 7.66. The lowest BCUT2D eigenvalue weighted by Gasteiger charge is -2.35. The van der Waals surface area contributed by atoms with E-state index in [-0.39, 0.29) is 24.1 Å². The molecular weight excluding hydrogens is 356 g/mol. The van der Waals surface area contributed by atoms with Gasteiger partial charge in [0.25, 0.3) is 5.91 Å². The van der Waals surface area contributed by atoms with E-state index in [1.807, 2.05) is 27.7 Å². The predicted molar refractivity (Wildman–Crippen MR) is 109 cm³/mol. The van der Waals surface area contributed by atoms with E-state index in [9.17, 15) is 9.59 Å². The number of rotatable bonds is 3. The summed E-state index contributed by atoms with van der Waals surface area (Å²) < 4.78 is 0. The van der Waals surface area contributed by atoms with E-state index in [0.29, 0.717) is 19.1 Å². The van der Waals surface area contributed by atoms with Crippen LogP contribution in [0.2, 0.25) is 0 Å². The van der Waals surface area contributed by atoms with E-state index in [1.165, 1.54) is 0 Å². The van der Waals surface area contributed by atoms with Crippen LogP contribution in [0, 0.1) is 13.8 Å². The highest BCUT2D eigenvalue weighted by Gasteiger charge is 2.37. The third kappa shape index (κ3) is 3.97. The van der Waals surface area contributed by atoms with Gasteiger partial charge in [-0.15, -0.1) is 0 Å². The van der Waals surface area contributed by atoms with Crippen molar-refractivity contribution in [2.24, 2.45) is 0 Å². The van der Waals surface area contributed by atoms with Gasteiger partial charge in [-0.05, 0) is 48.2 Å². The second-order valence-corrected chi connectivity index (χ2v) is 8.73. The first-order valence-corrected chi connectivity index (χ1v) is 9.95. The third-order valence-corrected chi connectivity index (χ3v) is 5.97. The lowest BCUT2D eigenvalue weighted by atomic mass is 9.98. The number of carbonyl (C=O) groups is 2. The summed E-state index contributed by atoms with van der Waals surface area (Å²) in [4.78, 5) is 40.7. The van der Waals surface area contributed by atoms with E-state index in [4.69, 9.17) is 4.98 Å². The van der Waals surface area contributed by atoms with Gasteiger partial charge in [0.15, 0.2) is 0 Å². The van der Waals surface area contributed by atoms with Crippen LogP contribution in [0.4, 0.5) is 5.82 Å². The summed E-state index contributed by atoms with van der Waals surface area (Å²) >= 11 is 0. The van der Waals surface area contributed by atoms with Crippen molar-refractivity contribution in [3.8, 4) is 0 Å². The summed E-state index contributed by atoms with van der Waals surface area (Å²) in [5, 5.41) is 2.84. The van der Waals surface area contributed by atoms with Crippen molar-refractivity contribution in [2.75, 3.05) is 45.2 Å². The SMILES string of the molecule is Cc1nc(C(=O)N2CCNC(=O)CC2(C)C)nc(N2CC[C@@H](N(C)C)C2)c1C. The average Bonchev–Trinajstić information content (AvgIpc) is 3.04. The molecule has 0 saturated carbocycles. The highest BCUT2D eigenvalue weighted by Crippen LogP contribution is 2.27. The van der Waals surface area contributed by atoms with Gasteiger partial charge in [0.2, 0.25) is 11.7 Å². The molecule has 0 bridgehead atoms. The third-order valence-electron chi connectivity index (χ3n) is 5.97. The number of hydrogen-bond acceptors (Lipinski definition) is 6. The van der Waals surface area contributed by atoms with E-state index in [0.717, 1.165) is 36.6 Å². The minimum atomic E-state index is -0.580. The molecule has 8 heteroatoms. The molecule has 2 amide bonds. The molecule has 3 heterocycles. The molecule has 28 heavy (non-hydrogen) atoms. The fourth-order valence-electron chi connectivity index (χ4n) is 4.03. The first kappa shape index (κ1) is 20.5. The smallest absolute Gasteiger partial charge is 0.292 e. The topological polar surface area (TPSA) is 81.7 Å². The van der Waals surface area contributed by atoms with Crippen LogP contribution >= 0.6 is 0 Å². The molecule has 2 fully saturated rings. The minimum Gasteiger partial charge on any atom is -0.355 e. The van der Waals surface area contributed by atoms with Gasteiger partial charge in [-0.25, -0.2) is 9.97 Å². The monoisotopic (exact) mass is 388 g/mol. The fourth-order valence-corrected chi connectivity index (χ4v) is 4.03. The number of amides is 2. The van der Waals surface area contributed by atoms with E-state index in [1.54, 1.807) is 4.90 Å². The summed E-state index contributed by atoms with van der Waals surface area (Å²) in [6, 6.07) is 0.482. The van der Waals surface area contributed by atoms with Gasteiger partial charge in [0.1, 0.15) is 5.82 Å². The lowest BCUT2D eigenvalue weighted by Crippen LogP contribution is -2.49. The molecule has 2 aliphatic rings. The van der Waals surface area contributed by atoms with Crippen molar-refractivity contribution in [3.05, 3.63) is 17.1 Å². The summed E-state index contributed by atoms with van der Waals surface area (Å²) in [6.07, 6.45) is 1.35. The summed E-state index contributed by atoms with van der Waals surface area (Å²) in [5.74, 6) is 0.818. The number of aryl methyl sites for hydroxylation is 1. The molecule has 2 aliphatic heterocycles. The molecule has 1 aromatic heterocycles. The van der Waals surface area contributed by atoms with Crippen molar-refractivity contribution in [3.63, 3.8) is 0 Å². The van der Waals surface area contributed by atoms with Gasteiger partial charge in [0, 0.05) is 55.4 Å². The Morgan fingerprint density at radius 3 is 2.57 bits per heavy atom. The molecule has 0 unspecified atom stereocenters. The zero-order valence-electron chi connectivity index (χ0n) is 17.9. The lowest BCUT2D eigenvalue weighted by molar-refractivity contribution is -0.122. The summed E-state index contributed by atoms with van der Waals surface area (Å²) in [5.41, 5.74) is 1.26. The van der Waals surface area contributed by atoms with E-state index < -0.39 is 5.54 Å². The van der Waals surface area contributed by atoms with Crippen LogP contribution in [0.5, 0.6) is 0 Å². The Morgan fingerprint density at radius 1 is 1.21 bits per heavy atom. The van der Waals surface area contributed by atoms with Crippen LogP contribution in [0.1, 0.15) is 48.6 Å². The van der Waals surface area contributed by atoms with E-state index >= 15 is 0 Å². The normalized spacial score (nSPS) is 22.4. The molecule has 1 N–H and O–H groups in total. The zero-order valence-corrected chi connectivity index (χ0v) is 17.9. The van der Waals surface area contributed by atoms with Gasteiger partial charge < -0.3 is 20.0 Å². The molecule has 3 rings (SSSR count). The van der Waals surface area contributed by atoms with Gasteiger partial charge in [-0.1, -0.05) is 0 Å². The van der Waals surface area contributed by atoms with Crippen LogP contribution in [-0.2, 0) is 4.79 Å². The van der Waals surface area contributed by atoms with Gasteiger partial charge in [-0.2, -0.15) is 0 Å². The maximum absolute atomic E-state index is 13.3. The molecule has 0 aromatic carbocycles. The molecular formula is C20H32N6O2. The maximum Gasteiger partial charge on any atom is 0.292 e. The average molecular weight is 389 g/mol. The molecule has 0 radical (unpaired) electrons. The number of likely N-dealkylation sites (N-methyl/N-ethyl adjacent to an activating group) is 1. The van der Waals surface area contributed by atoms with Gasteiger partial charge in [0.05, 0.1) is 0 Å². The number of anilines is 1. The van der Waals surface area contributed by atoms with Crippen molar-refractivity contribution in [1.29, 1.82) is 0 Å². The zero-order chi connectivity index (χ0) is 20.6. The molecule has 2 saturated heterocycles. The molecule has 8 nitrogen and oxygen atoms in total. The van der Waals surface area contributed by atoms with Gasteiger partial charge in [-0.3, -0.25) is 9.59 Å². The minimum absolute atomic E-state index is 0.0335. The van der Waals surface area contributed by atoms with Crippen molar-refractivity contribution < 1.29 is 9.59 Å². The number of nitrogens with zero attached hydrogens (tertiary/aromatic N) is 5. The summed E-state index contributed by atoms with van der Waals surface area (Å²) in [6.45, 7) is 10.5. The highest BCUT2D eigenvalue weighted by molar-refractivity contribution is 5.92. The molecule has 1 aromatic rings. The van der Waals surface area contributed by atoms with Crippen LogP contribution in [0.25, 0.3) is 0 Å². The quantitative estimate of drug-likeness (QED) is 0.831. The Labute approximate surface area is 167 Å². The predicted octanol–water partition coefficient (Wildman–Crippen LogP) is 0.974. The Kier molecular flexibility index (Phi) is 5.61. The summed E-state index contributed by atoms with van der Waals surface area (Å²) in [7, 11) is 4.19. The Balaban J connectivity index is 1.91. The van der Waals surface area contributed by atoms with Crippen LogP contribution in [-0.4, -0.2) is 83.4 Å². The number of aromatic nitrogens is 2. The fraction of sp³-hybridized carbons (Fsp3) is 0.700. The van der Waals surface area contributed by atoms with Crippen molar-refractivity contribution in [1.82, 2.24) is 25.1 Å². The van der Waals surface area contributed by atoms with Crippen molar-refractivity contribution >= 4 is 17.6 Å². The highest BCUT2D eigenvalue weighted by atomic mass is 16.2. The standard InChI is InChI=1S/C20H32N6O2/c1-13-14(2)22-17(23-18(13)25-9-7-15(12-25)24(5)6)19(28)26-10-8-21-16(27)11-20(26,3)4/h15H,7-12H2,1-6H3,(H,21,27)/t15-/m1/s1. The van der Waals surface area contributed by atoms with Gasteiger partial charge >= 0.3 is 0 Å². The number of nitrogens with one attached hydrogen (secondary N) is 1. The maximum atomic E-state index is 13.3. The largest absolute Gasteiger partial charge is 0.355 e. The molecule has 154 valence electrons. The first-order valence-electron chi connectivity index (χ1n) is 9.95. The van der Waals surface area contributed by atoms with Crippen LogP contribution in [0.15, 0.2) is 0 Å². The molecule has 1 atom stereocenters. The molecule has 0 aliphatic carbocycles. The Morgan fingerprint density at radius 2 is 1.93 bits per heavy atom. The number of carbonyl (C=O) groups excluding carboxylic acids is 2. The first-order chi connectivity index (χ1) is 13.1. The second-order valence-electron chi connectivity index (χ2n) is 8.73. The molecule has 0 spiro atoms. The number of hydrogen-bond donors (Lipinski definition) is 1. The Hall–Kier alpha value is -2.22.